The van der Waals surface area contributed by atoms with Crippen molar-refractivity contribution in [1.29, 1.82) is 0 Å². The van der Waals surface area contributed by atoms with Crippen LogP contribution in [0.5, 0.6) is 17.2 Å². The zero-order valence-electron chi connectivity index (χ0n) is 12.0. The van der Waals surface area contributed by atoms with E-state index in [9.17, 15) is 5.11 Å². The summed E-state index contributed by atoms with van der Waals surface area (Å²) in [5.74, 6) is 1.44. The van der Waals surface area contributed by atoms with Gasteiger partial charge in [0.1, 0.15) is 5.75 Å². The third kappa shape index (κ3) is 3.24. The average molecular weight is 340 g/mol. The molecule has 2 aromatic carbocycles. The Morgan fingerprint density at radius 2 is 1.77 bits per heavy atom. The van der Waals surface area contributed by atoms with Crippen molar-refractivity contribution in [3.63, 3.8) is 0 Å². The Bertz CT molecular complexity index is 706. The number of phenols is 1. The maximum atomic E-state index is 10.1. The van der Waals surface area contributed by atoms with Crippen LogP contribution < -0.4 is 9.47 Å². The Morgan fingerprint density at radius 3 is 2.50 bits per heavy atom. The topological polar surface area (TPSA) is 41.9 Å². The number of hydrogen-bond donors (Lipinski definition) is 1. The van der Waals surface area contributed by atoms with Crippen LogP contribution >= 0.6 is 23.2 Å². The fraction of sp³-hybridized carbons (Fsp3) is 0.250. The number of benzene rings is 2. The van der Waals surface area contributed by atoms with E-state index in [1.54, 1.807) is 12.1 Å². The van der Waals surface area contributed by atoms with E-state index in [-0.39, 0.29) is 12.5 Å². The Morgan fingerprint density at radius 1 is 1.05 bits per heavy atom. The summed E-state index contributed by atoms with van der Waals surface area (Å²) in [5.41, 5.74) is 1.84. The van der Waals surface area contributed by atoms with Gasteiger partial charge in [-0.3, -0.25) is 4.90 Å². The molecule has 0 radical (unpaired) electrons. The number of rotatable bonds is 4. The molecule has 0 saturated carbocycles. The molecule has 0 atom stereocenters. The summed E-state index contributed by atoms with van der Waals surface area (Å²) in [6.45, 7) is 1.45. The molecule has 0 unspecified atom stereocenters. The highest BCUT2D eigenvalue weighted by atomic mass is 35.5. The minimum atomic E-state index is 0.192. The zero-order chi connectivity index (χ0) is 15.7. The third-order valence-corrected chi connectivity index (χ3v) is 4.19. The molecule has 0 aromatic heterocycles. The summed E-state index contributed by atoms with van der Waals surface area (Å²) in [5, 5.41) is 11.2. The van der Waals surface area contributed by atoms with Crippen molar-refractivity contribution in [3.8, 4) is 17.2 Å². The lowest BCUT2D eigenvalue weighted by atomic mass is 10.1. The Labute approximate surface area is 138 Å². The zero-order valence-corrected chi connectivity index (χ0v) is 13.5. The first-order valence-corrected chi connectivity index (χ1v) is 7.52. The predicted molar refractivity (Wildman–Crippen MR) is 85.9 cm³/mol. The molecule has 0 bridgehead atoms. The second-order valence-corrected chi connectivity index (χ2v) is 6.07. The molecule has 1 heterocycles. The molecule has 1 aliphatic rings. The van der Waals surface area contributed by atoms with Gasteiger partial charge in [-0.25, -0.2) is 0 Å². The molecule has 1 N–H and O–H groups in total. The van der Waals surface area contributed by atoms with Gasteiger partial charge in [0.15, 0.2) is 11.5 Å². The molecule has 2 aromatic rings. The monoisotopic (exact) mass is 339 g/mol. The van der Waals surface area contributed by atoms with Crippen molar-refractivity contribution in [2.75, 3.05) is 13.8 Å². The lowest BCUT2D eigenvalue weighted by Crippen LogP contribution is -2.17. The first-order valence-electron chi connectivity index (χ1n) is 6.77. The number of ether oxygens (including phenoxy) is 2. The van der Waals surface area contributed by atoms with Crippen LogP contribution in [0.3, 0.4) is 0 Å². The number of aromatic hydroxyl groups is 1. The normalized spacial score (nSPS) is 12.9. The van der Waals surface area contributed by atoms with Gasteiger partial charge in [0.25, 0.3) is 0 Å². The van der Waals surface area contributed by atoms with E-state index in [1.165, 1.54) is 0 Å². The first kappa shape index (κ1) is 15.3. The Balaban J connectivity index is 1.71. The van der Waals surface area contributed by atoms with Crippen LogP contribution in [0.15, 0.2) is 30.3 Å². The third-order valence-electron chi connectivity index (χ3n) is 3.45. The van der Waals surface area contributed by atoms with E-state index in [0.29, 0.717) is 34.6 Å². The van der Waals surface area contributed by atoms with Gasteiger partial charge in [-0.15, -0.1) is 0 Å². The quantitative estimate of drug-likeness (QED) is 0.911. The van der Waals surface area contributed by atoms with Crippen molar-refractivity contribution < 1.29 is 14.6 Å². The first-order chi connectivity index (χ1) is 10.5. The maximum absolute atomic E-state index is 10.1. The fourth-order valence-corrected chi connectivity index (χ4v) is 2.72. The van der Waals surface area contributed by atoms with Gasteiger partial charge >= 0.3 is 0 Å². The van der Waals surface area contributed by atoms with Gasteiger partial charge in [-0.1, -0.05) is 29.3 Å². The van der Waals surface area contributed by atoms with Crippen LogP contribution in [0.2, 0.25) is 10.0 Å². The van der Waals surface area contributed by atoms with E-state index in [0.717, 1.165) is 11.1 Å². The molecule has 22 heavy (non-hydrogen) atoms. The highest BCUT2D eigenvalue weighted by molar-refractivity contribution is 6.42. The molecule has 1 aliphatic heterocycles. The molecule has 0 amide bonds. The van der Waals surface area contributed by atoms with Crippen molar-refractivity contribution in [2.45, 2.75) is 13.1 Å². The molecule has 3 rings (SSSR count). The van der Waals surface area contributed by atoms with E-state index >= 15 is 0 Å². The van der Waals surface area contributed by atoms with Crippen LogP contribution in [-0.2, 0) is 13.1 Å². The second kappa shape index (κ2) is 6.24. The largest absolute Gasteiger partial charge is 0.507 e. The summed E-state index contributed by atoms with van der Waals surface area (Å²) in [6.07, 6.45) is 0. The molecule has 0 aliphatic carbocycles. The standard InChI is InChI=1S/C16H15Cl2NO3/c1-19(7-10-2-3-12(17)13(18)4-10)8-11-5-15-16(6-14(11)20)22-9-21-15/h2-6,20H,7-9H2,1H3. The lowest BCUT2D eigenvalue weighted by molar-refractivity contribution is 0.174. The Kier molecular flexibility index (Phi) is 4.34. The molecule has 116 valence electrons. The molecular weight excluding hydrogens is 325 g/mol. The van der Waals surface area contributed by atoms with Gasteiger partial charge in [0.05, 0.1) is 10.0 Å². The highest BCUT2D eigenvalue weighted by Gasteiger charge is 2.17. The van der Waals surface area contributed by atoms with Crippen LogP contribution in [0.4, 0.5) is 0 Å². The summed E-state index contributed by atoms with van der Waals surface area (Å²) in [6, 6.07) is 8.96. The maximum Gasteiger partial charge on any atom is 0.231 e. The van der Waals surface area contributed by atoms with Crippen molar-refractivity contribution in [3.05, 3.63) is 51.5 Å². The number of phenolic OH excluding ortho intramolecular Hbond substituents is 1. The van der Waals surface area contributed by atoms with Crippen LogP contribution in [0.25, 0.3) is 0 Å². The number of hydrogen-bond acceptors (Lipinski definition) is 4. The summed E-state index contributed by atoms with van der Waals surface area (Å²) < 4.78 is 10.6. The predicted octanol–water partition coefficient (Wildman–Crippen LogP) is 4.06. The van der Waals surface area contributed by atoms with Gasteiger partial charge in [-0.2, -0.15) is 0 Å². The fourth-order valence-electron chi connectivity index (χ4n) is 2.40. The molecule has 6 heteroatoms. The highest BCUT2D eigenvalue weighted by Crippen LogP contribution is 2.38. The van der Waals surface area contributed by atoms with Crippen LogP contribution in [0, 0.1) is 0 Å². The van der Waals surface area contributed by atoms with E-state index in [4.69, 9.17) is 32.7 Å². The SMILES string of the molecule is CN(Cc1ccc(Cl)c(Cl)c1)Cc1cc2c(cc1O)OCO2. The summed E-state index contributed by atoms with van der Waals surface area (Å²) in [4.78, 5) is 2.07. The summed E-state index contributed by atoms with van der Waals surface area (Å²) >= 11 is 11.9. The Hall–Kier alpha value is -1.62. The van der Waals surface area contributed by atoms with Gasteiger partial charge in [0.2, 0.25) is 6.79 Å². The second-order valence-electron chi connectivity index (χ2n) is 5.25. The van der Waals surface area contributed by atoms with Crippen LogP contribution in [0.1, 0.15) is 11.1 Å². The number of nitrogens with zero attached hydrogens (tertiary/aromatic N) is 1. The molecule has 4 nitrogen and oxygen atoms in total. The molecule has 0 saturated heterocycles. The van der Waals surface area contributed by atoms with Gasteiger partial charge in [-0.05, 0) is 30.8 Å². The minimum absolute atomic E-state index is 0.192. The lowest BCUT2D eigenvalue weighted by Gasteiger charge is -2.18. The van der Waals surface area contributed by atoms with Gasteiger partial charge < -0.3 is 14.6 Å². The van der Waals surface area contributed by atoms with E-state index < -0.39 is 0 Å². The van der Waals surface area contributed by atoms with Crippen LogP contribution in [-0.4, -0.2) is 23.8 Å². The molecule has 0 spiro atoms. The van der Waals surface area contributed by atoms with E-state index in [2.05, 4.69) is 4.90 Å². The smallest absolute Gasteiger partial charge is 0.231 e. The van der Waals surface area contributed by atoms with Crippen molar-refractivity contribution >= 4 is 23.2 Å². The summed E-state index contributed by atoms with van der Waals surface area (Å²) in [7, 11) is 1.96. The molecular formula is C16H15Cl2NO3. The minimum Gasteiger partial charge on any atom is -0.507 e. The molecule has 0 fully saturated rings. The number of halogens is 2. The van der Waals surface area contributed by atoms with Gasteiger partial charge in [0, 0.05) is 24.7 Å². The average Bonchev–Trinajstić information content (AvgIpc) is 2.90. The number of fused-ring (bicyclic) bond motifs is 1. The van der Waals surface area contributed by atoms with Crippen molar-refractivity contribution in [2.24, 2.45) is 0 Å². The van der Waals surface area contributed by atoms with Crippen molar-refractivity contribution in [1.82, 2.24) is 4.90 Å². The van der Waals surface area contributed by atoms with E-state index in [1.807, 2.05) is 25.2 Å².